The molecule has 0 N–H and O–H groups in total. The summed E-state index contributed by atoms with van der Waals surface area (Å²) >= 11 is 0. The molecule has 8 nitrogen and oxygen atoms in total. The van der Waals surface area contributed by atoms with Crippen molar-refractivity contribution >= 4 is 49.7 Å². The van der Waals surface area contributed by atoms with E-state index in [-0.39, 0.29) is 54.4 Å². The molecule has 13 aromatic rings. The summed E-state index contributed by atoms with van der Waals surface area (Å²) in [5.74, 6) is 2.31. The van der Waals surface area contributed by atoms with Gasteiger partial charge >= 0.3 is 0 Å². The molecule has 0 bridgehead atoms. The van der Waals surface area contributed by atoms with Crippen LogP contribution in [-0.4, -0.2) is 28.1 Å². The van der Waals surface area contributed by atoms with Gasteiger partial charge in [-0.05, 0) is 81.1 Å². The molecule has 70 heavy (non-hydrogen) atoms. The Labute approximate surface area is 433 Å². The van der Waals surface area contributed by atoms with E-state index in [0.717, 1.165) is 44.2 Å². The molecule has 5 heterocycles. The van der Waals surface area contributed by atoms with Gasteiger partial charge in [0, 0.05) is 50.5 Å². The van der Waals surface area contributed by atoms with E-state index in [1.54, 1.807) is 51.7 Å². The van der Waals surface area contributed by atoms with Crippen molar-refractivity contribution in [2.75, 3.05) is 0 Å². The van der Waals surface area contributed by atoms with Gasteiger partial charge in [-0.15, -0.1) is 29.7 Å². The Morgan fingerprint density at radius 3 is 2.01 bits per heavy atom. The van der Waals surface area contributed by atoms with Crippen LogP contribution in [0, 0.1) is 18.5 Å². The summed E-state index contributed by atoms with van der Waals surface area (Å²) in [7, 11) is 0. The molecule has 8 aromatic carbocycles. The van der Waals surface area contributed by atoms with E-state index in [0.29, 0.717) is 39.8 Å². The standard InChI is InChI=1S/C61H43N7O.Pt/c1-61(2,3)43-34-35-62-57(36-43)66-52-28-12-10-24-49(52)50-33-32-46(38-56(50)66)69-45-23-16-22-44(37-45)64-39-58(68-55-31-15-14-30-54(55)67-53-29-13-11-27-51(53)63-60(67)68)65(40-64)59-47(41-18-6-4-7-19-41)25-17-26-48(59)42-20-8-5-9-21-42;/h4-36,39H,1-3H3;/q-2;/i4D,5D,6D,7D,8D,9D,18D,19D,20D,21D;. The number of ether oxygens (including phenoxy) is 1. The second-order valence-corrected chi connectivity index (χ2v) is 17.6. The SMILES string of the molecule is [2H]c1c([2H])c([2H])c(-c2cccc(-c3c([2H])c([2H])c([2H])c([2H])c3[2H])c2-[n+]2[c-]n(-c3[c-]c(Oc4[c-]c5c(cc4)c4ccccc4n5-c4cc(C(C)(C)C)ccn4)ccc3)cc2-n2c3ccccc3n3c4ccccc4nc23)c([2H])c1[2H].[Pt]. The molecule has 0 aliphatic carbocycles. The Kier molecular flexibility index (Phi) is 8.08. The number of benzene rings is 8. The molecule has 0 saturated carbocycles. The molecule has 0 unspecified atom stereocenters. The normalized spacial score (nSPS) is 13.8. The van der Waals surface area contributed by atoms with Gasteiger partial charge in [-0.3, -0.25) is 8.97 Å². The smallest absolute Gasteiger partial charge is 0.274 e. The summed E-state index contributed by atoms with van der Waals surface area (Å²) in [5, 5.41) is 2.00. The Bertz CT molecular complexity index is 4580. The molecule has 0 fully saturated rings. The van der Waals surface area contributed by atoms with E-state index in [4.69, 9.17) is 22.9 Å². The van der Waals surface area contributed by atoms with Crippen molar-refractivity contribution in [2.24, 2.45) is 0 Å². The molecule has 0 atom stereocenters. The third-order valence-electron chi connectivity index (χ3n) is 12.4. The molecule has 5 aromatic heterocycles. The Morgan fingerprint density at radius 1 is 0.614 bits per heavy atom. The zero-order valence-electron chi connectivity index (χ0n) is 47.7. The van der Waals surface area contributed by atoms with Crippen LogP contribution in [0.5, 0.6) is 11.5 Å². The summed E-state index contributed by atoms with van der Waals surface area (Å²) < 4.78 is 105. The molecule has 0 radical (unpaired) electrons. The van der Waals surface area contributed by atoms with Crippen LogP contribution in [0.2, 0.25) is 0 Å². The molecular weight excluding hydrogens is 1040 g/mol. The van der Waals surface area contributed by atoms with Crippen molar-refractivity contribution < 1.29 is 44.1 Å². The number of rotatable bonds is 8. The quantitative estimate of drug-likeness (QED) is 0.113. The van der Waals surface area contributed by atoms with Gasteiger partial charge in [-0.25, -0.2) is 9.55 Å². The maximum atomic E-state index is 9.27. The fourth-order valence-corrected chi connectivity index (χ4v) is 9.27. The van der Waals surface area contributed by atoms with Gasteiger partial charge in [0.15, 0.2) is 12.1 Å². The topological polar surface area (TPSA) is 58.1 Å². The van der Waals surface area contributed by atoms with Crippen LogP contribution in [0.4, 0.5) is 0 Å². The van der Waals surface area contributed by atoms with Gasteiger partial charge in [0.1, 0.15) is 11.3 Å². The Balaban J connectivity index is 0.00000637. The zero-order chi connectivity index (χ0) is 54.9. The number of para-hydroxylation sites is 6. The minimum atomic E-state index is -0.596. The number of aromatic nitrogens is 7. The van der Waals surface area contributed by atoms with Crippen LogP contribution in [0.15, 0.2) is 206 Å². The van der Waals surface area contributed by atoms with Crippen LogP contribution in [0.25, 0.3) is 94.9 Å². The van der Waals surface area contributed by atoms with Crippen molar-refractivity contribution in [3.63, 3.8) is 0 Å². The van der Waals surface area contributed by atoms with Crippen LogP contribution in [0.3, 0.4) is 0 Å². The van der Waals surface area contributed by atoms with Crippen LogP contribution >= 0.6 is 0 Å². The van der Waals surface area contributed by atoms with E-state index >= 15 is 0 Å². The second-order valence-electron chi connectivity index (χ2n) is 17.6. The van der Waals surface area contributed by atoms with Crippen molar-refractivity contribution in [1.29, 1.82) is 0 Å². The van der Waals surface area contributed by atoms with E-state index in [9.17, 15) is 5.48 Å². The summed E-state index contributed by atoms with van der Waals surface area (Å²) in [6.45, 7) is 6.50. The number of imidazole rings is 3. The molecule has 9 heteroatoms. The second kappa shape index (κ2) is 17.0. The van der Waals surface area contributed by atoms with Crippen LogP contribution < -0.4 is 9.30 Å². The zero-order valence-corrected chi connectivity index (χ0v) is 40.0. The fraction of sp³-hybridized carbons (Fsp3) is 0.0656. The number of pyridine rings is 1. The largest absolute Gasteiger partial charge is 0.510 e. The van der Waals surface area contributed by atoms with Crippen molar-refractivity contribution in [3.8, 4) is 56.8 Å². The summed E-state index contributed by atoms with van der Waals surface area (Å²) in [6, 6.07) is 43.1. The van der Waals surface area contributed by atoms with Crippen molar-refractivity contribution in [1.82, 2.24) is 28.1 Å². The molecule has 0 amide bonds. The number of hydrogen-bond donors (Lipinski definition) is 0. The van der Waals surface area contributed by atoms with E-state index < -0.39 is 60.4 Å². The van der Waals surface area contributed by atoms with Crippen molar-refractivity contribution in [3.05, 3.63) is 230 Å². The summed E-state index contributed by atoms with van der Waals surface area (Å²) in [6.07, 6.45) is 7.09. The average Bonchev–Trinajstić information content (AvgIpc) is 4.42. The fourth-order valence-electron chi connectivity index (χ4n) is 9.27. The molecular formula is C61H43N7OPt-2. The van der Waals surface area contributed by atoms with Crippen molar-refractivity contribution in [2.45, 2.75) is 26.2 Å². The predicted octanol–water partition coefficient (Wildman–Crippen LogP) is 13.8. The van der Waals surface area contributed by atoms with E-state index in [2.05, 4.69) is 62.0 Å². The van der Waals surface area contributed by atoms with Crippen LogP contribution in [-0.2, 0) is 26.5 Å². The van der Waals surface area contributed by atoms with Gasteiger partial charge < -0.3 is 13.9 Å². The third-order valence-corrected chi connectivity index (χ3v) is 12.4. The molecule has 0 aliphatic rings. The first-order valence-electron chi connectivity index (χ1n) is 27.3. The summed E-state index contributed by atoms with van der Waals surface area (Å²) in [5.41, 5.74) is 6.09. The predicted molar refractivity (Wildman–Crippen MR) is 275 cm³/mol. The average molecular weight is 1100 g/mol. The number of hydrogen-bond acceptors (Lipinski definition) is 3. The molecule has 0 spiro atoms. The first-order chi connectivity index (χ1) is 38.0. The maximum absolute atomic E-state index is 9.27. The minimum absolute atomic E-state index is 0. The molecule has 0 aliphatic heterocycles. The van der Waals surface area contributed by atoms with E-state index in [1.807, 2.05) is 94.0 Å². The first kappa shape index (κ1) is 33.2. The first-order valence-corrected chi connectivity index (χ1v) is 22.3. The van der Waals surface area contributed by atoms with E-state index in [1.165, 1.54) is 0 Å². The number of nitrogens with zero attached hydrogens (tertiary/aromatic N) is 7. The molecule has 0 saturated heterocycles. The molecule has 13 rings (SSSR count). The minimum Gasteiger partial charge on any atom is -0.510 e. The number of fused-ring (bicyclic) bond motifs is 8. The third kappa shape index (κ3) is 7.14. The molecule has 340 valence electrons. The van der Waals surface area contributed by atoms with Crippen LogP contribution in [0.1, 0.15) is 40.0 Å². The maximum Gasteiger partial charge on any atom is 0.274 e. The van der Waals surface area contributed by atoms with Gasteiger partial charge in [0.05, 0.1) is 35.9 Å². The monoisotopic (exact) mass is 1090 g/mol. The Morgan fingerprint density at radius 2 is 1.27 bits per heavy atom. The Hall–Kier alpha value is -8.32. The summed E-state index contributed by atoms with van der Waals surface area (Å²) in [4.78, 5) is 9.99. The van der Waals surface area contributed by atoms with Gasteiger partial charge in [0.25, 0.3) is 5.78 Å². The van der Waals surface area contributed by atoms with Gasteiger partial charge in [-0.2, -0.15) is 23.2 Å². The van der Waals surface area contributed by atoms with Gasteiger partial charge in [-0.1, -0.05) is 153 Å². The van der Waals surface area contributed by atoms with Gasteiger partial charge in [0.2, 0.25) is 0 Å².